The van der Waals surface area contributed by atoms with E-state index in [1.165, 1.54) is 36.1 Å². The summed E-state index contributed by atoms with van der Waals surface area (Å²) in [7, 11) is 0. The van der Waals surface area contributed by atoms with Crippen molar-refractivity contribution < 1.29 is 9.47 Å². The predicted octanol–water partition coefficient (Wildman–Crippen LogP) is 6.08. The molecule has 0 atom stereocenters. The second-order valence-electron chi connectivity index (χ2n) is 11.0. The lowest BCUT2D eigenvalue weighted by Crippen LogP contribution is -2.35. The molecule has 2 aliphatic carbocycles. The lowest BCUT2D eigenvalue weighted by molar-refractivity contribution is -0.182. The van der Waals surface area contributed by atoms with Crippen molar-refractivity contribution in [1.82, 2.24) is 9.55 Å². The number of ether oxygens (including phenoxy) is 2. The van der Waals surface area contributed by atoms with Crippen LogP contribution in [-0.4, -0.2) is 28.6 Å². The minimum absolute atomic E-state index is 0.170. The van der Waals surface area contributed by atoms with Gasteiger partial charge in [-0.15, -0.1) is 0 Å². The maximum Gasteiger partial charge on any atom is 0.282 e. The van der Waals surface area contributed by atoms with E-state index in [-0.39, 0.29) is 16.8 Å². The molecular weight excluding hydrogens is 460 g/mol. The fourth-order valence-corrected chi connectivity index (χ4v) is 7.55. The van der Waals surface area contributed by atoms with Crippen molar-refractivity contribution in [3.05, 3.63) is 68.7 Å². The van der Waals surface area contributed by atoms with Crippen LogP contribution in [0.3, 0.4) is 0 Å². The summed E-state index contributed by atoms with van der Waals surface area (Å²) in [5, 5.41) is 1.00. The van der Waals surface area contributed by atoms with Gasteiger partial charge in [-0.3, -0.25) is 9.36 Å². The lowest BCUT2D eigenvalue weighted by Gasteiger charge is -2.35. The van der Waals surface area contributed by atoms with Gasteiger partial charge in [0.1, 0.15) is 5.82 Å². The number of hydrogen-bond acceptors (Lipinski definition) is 4. The molecule has 35 heavy (non-hydrogen) atoms. The zero-order chi connectivity index (χ0) is 23.6. The van der Waals surface area contributed by atoms with Crippen LogP contribution in [0, 0.1) is 5.92 Å². The summed E-state index contributed by atoms with van der Waals surface area (Å²) in [5.41, 5.74) is 4.37. The number of hydrogen-bond donors (Lipinski definition) is 0. The van der Waals surface area contributed by atoms with Crippen LogP contribution in [0.1, 0.15) is 74.7 Å². The Morgan fingerprint density at radius 1 is 1.00 bits per heavy atom. The molecule has 6 heteroatoms. The lowest BCUT2D eigenvalue weighted by atomic mass is 9.69. The molecule has 0 N–H and O–H groups in total. The van der Waals surface area contributed by atoms with Gasteiger partial charge in [0.25, 0.3) is 5.56 Å². The Balaban J connectivity index is 1.31. The van der Waals surface area contributed by atoms with Gasteiger partial charge >= 0.3 is 0 Å². The first-order valence-electron chi connectivity index (χ1n) is 13.2. The SMILES string of the molecule is O=c1nc2n(c3cccc(Cl)c13)-c1cc(CC3CCC4(CC3)OCCO4)ccc1C21CCCCC1. The van der Waals surface area contributed by atoms with Gasteiger partial charge in [-0.2, -0.15) is 4.98 Å². The van der Waals surface area contributed by atoms with Crippen molar-refractivity contribution in [3.8, 4) is 5.69 Å². The maximum atomic E-state index is 13.1. The highest BCUT2D eigenvalue weighted by molar-refractivity contribution is 6.35. The summed E-state index contributed by atoms with van der Waals surface area (Å²) < 4.78 is 14.1. The van der Waals surface area contributed by atoms with Crippen LogP contribution in [0.5, 0.6) is 0 Å². The summed E-state index contributed by atoms with van der Waals surface area (Å²) in [5.74, 6) is 1.24. The molecule has 2 saturated carbocycles. The van der Waals surface area contributed by atoms with E-state index in [9.17, 15) is 4.79 Å². The molecule has 2 spiro atoms. The number of aromatic nitrogens is 2. The first-order chi connectivity index (χ1) is 17.1. The van der Waals surface area contributed by atoms with Gasteiger partial charge in [-0.1, -0.05) is 49.1 Å². The van der Waals surface area contributed by atoms with Crippen molar-refractivity contribution in [3.63, 3.8) is 0 Å². The maximum absolute atomic E-state index is 13.1. The molecule has 0 bridgehead atoms. The second-order valence-corrected chi connectivity index (χ2v) is 11.4. The second kappa shape index (κ2) is 8.16. The molecule has 0 radical (unpaired) electrons. The molecule has 2 aliphatic heterocycles. The van der Waals surface area contributed by atoms with Gasteiger partial charge in [0.05, 0.1) is 40.2 Å². The van der Waals surface area contributed by atoms with E-state index in [1.807, 2.05) is 12.1 Å². The fourth-order valence-electron chi connectivity index (χ4n) is 7.30. The third-order valence-electron chi connectivity index (χ3n) is 9.02. The first-order valence-corrected chi connectivity index (χ1v) is 13.6. The van der Waals surface area contributed by atoms with Crippen molar-refractivity contribution in [2.24, 2.45) is 5.92 Å². The Hall–Kier alpha value is -2.21. The largest absolute Gasteiger partial charge is 0.348 e. The predicted molar refractivity (Wildman–Crippen MR) is 137 cm³/mol. The zero-order valence-electron chi connectivity index (χ0n) is 20.0. The fraction of sp³-hybridized carbons (Fsp3) is 0.517. The molecule has 0 unspecified atom stereocenters. The highest BCUT2D eigenvalue weighted by Crippen LogP contribution is 2.52. The Morgan fingerprint density at radius 2 is 1.77 bits per heavy atom. The van der Waals surface area contributed by atoms with Crippen LogP contribution in [0.15, 0.2) is 41.2 Å². The smallest absolute Gasteiger partial charge is 0.282 e. The number of rotatable bonds is 2. The molecule has 3 aromatic rings. The van der Waals surface area contributed by atoms with Crippen molar-refractivity contribution in [2.45, 2.75) is 75.4 Å². The highest BCUT2D eigenvalue weighted by Gasteiger charge is 2.46. The number of nitrogens with zero attached hydrogens (tertiary/aromatic N) is 2. The first kappa shape index (κ1) is 22.0. The minimum Gasteiger partial charge on any atom is -0.348 e. The van der Waals surface area contributed by atoms with Crippen molar-refractivity contribution in [2.75, 3.05) is 13.2 Å². The van der Waals surface area contributed by atoms with Gasteiger partial charge in [-0.05, 0) is 67.3 Å². The van der Waals surface area contributed by atoms with Crippen LogP contribution in [0.25, 0.3) is 16.6 Å². The Bertz CT molecular complexity index is 1360. The molecule has 182 valence electrons. The van der Waals surface area contributed by atoms with E-state index in [0.717, 1.165) is 69.5 Å². The quantitative estimate of drug-likeness (QED) is 0.437. The number of benzene rings is 2. The molecule has 4 aliphatic rings. The number of halogens is 1. The summed E-state index contributed by atoms with van der Waals surface area (Å²) >= 11 is 6.51. The van der Waals surface area contributed by atoms with E-state index in [0.29, 0.717) is 16.3 Å². The molecule has 0 amide bonds. The van der Waals surface area contributed by atoms with Crippen molar-refractivity contribution >= 4 is 22.5 Å². The third-order valence-corrected chi connectivity index (χ3v) is 9.34. The molecule has 1 saturated heterocycles. The topological polar surface area (TPSA) is 53.4 Å². The Kier molecular flexibility index (Phi) is 5.13. The van der Waals surface area contributed by atoms with Crippen LogP contribution in [0.4, 0.5) is 0 Å². The standard InChI is InChI=1S/C29H31ClN2O3/c30-22-5-4-6-23-25(22)26(33)31-27-28(11-2-1-3-12-28)21-8-7-20(18-24(21)32(23)27)17-19-9-13-29(14-10-19)34-15-16-35-29/h4-8,18-19H,1-3,9-17H2. The Morgan fingerprint density at radius 3 is 2.54 bits per heavy atom. The molecule has 3 heterocycles. The average molecular weight is 491 g/mol. The summed E-state index contributed by atoms with van der Waals surface area (Å²) in [6, 6.07) is 12.8. The van der Waals surface area contributed by atoms with Gasteiger partial charge in [0.2, 0.25) is 0 Å². The molecule has 3 fully saturated rings. The van der Waals surface area contributed by atoms with Crippen LogP contribution in [-0.2, 0) is 21.3 Å². The molecule has 7 rings (SSSR count). The van der Waals surface area contributed by atoms with E-state index < -0.39 is 0 Å². The van der Waals surface area contributed by atoms with Gasteiger partial charge in [-0.25, -0.2) is 0 Å². The summed E-state index contributed by atoms with van der Waals surface area (Å²) in [6.07, 6.45) is 11.0. The van der Waals surface area contributed by atoms with Crippen LogP contribution >= 0.6 is 11.6 Å². The van der Waals surface area contributed by atoms with E-state index >= 15 is 0 Å². The average Bonchev–Trinajstić information content (AvgIpc) is 3.43. The molecule has 5 nitrogen and oxygen atoms in total. The normalized spacial score (nSPS) is 22.7. The third kappa shape index (κ3) is 3.35. The van der Waals surface area contributed by atoms with E-state index in [4.69, 9.17) is 26.1 Å². The van der Waals surface area contributed by atoms with Gasteiger partial charge < -0.3 is 9.47 Å². The highest BCUT2D eigenvalue weighted by atomic mass is 35.5. The van der Waals surface area contributed by atoms with Crippen molar-refractivity contribution in [1.29, 1.82) is 0 Å². The van der Waals surface area contributed by atoms with E-state index in [1.54, 1.807) is 6.07 Å². The van der Waals surface area contributed by atoms with Gasteiger partial charge in [0, 0.05) is 12.8 Å². The van der Waals surface area contributed by atoms with Crippen LogP contribution in [0.2, 0.25) is 5.02 Å². The zero-order valence-corrected chi connectivity index (χ0v) is 20.8. The summed E-state index contributed by atoms with van der Waals surface area (Å²) in [4.78, 5) is 17.9. The number of fused-ring (bicyclic) bond motifs is 7. The molecular formula is C29H31ClN2O3. The minimum atomic E-state index is -0.309. The summed E-state index contributed by atoms with van der Waals surface area (Å²) in [6.45, 7) is 1.45. The van der Waals surface area contributed by atoms with Crippen LogP contribution < -0.4 is 5.56 Å². The Labute approximate surface area is 210 Å². The molecule has 2 aromatic carbocycles. The molecule has 1 aromatic heterocycles. The van der Waals surface area contributed by atoms with E-state index in [2.05, 4.69) is 22.8 Å². The monoisotopic (exact) mass is 490 g/mol. The van der Waals surface area contributed by atoms with Gasteiger partial charge in [0.15, 0.2) is 5.79 Å².